The van der Waals surface area contributed by atoms with Crippen molar-refractivity contribution in [3.05, 3.63) is 23.3 Å². The quantitative estimate of drug-likeness (QED) is 0.863. The number of pyridine rings is 1. The molecule has 0 aliphatic carbocycles. The van der Waals surface area contributed by atoms with Crippen LogP contribution in [0.3, 0.4) is 0 Å². The van der Waals surface area contributed by atoms with E-state index in [9.17, 15) is 9.00 Å². The van der Waals surface area contributed by atoms with E-state index in [1.807, 2.05) is 17.0 Å². The molecule has 5 nitrogen and oxygen atoms in total. The fraction of sp³-hybridized carbons (Fsp3) is 0.533. The van der Waals surface area contributed by atoms with E-state index in [4.69, 9.17) is 0 Å². The van der Waals surface area contributed by atoms with Crippen LogP contribution in [-0.2, 0) is 10.8 Å². The summed E-state index contributed by atoms with van der Waals surface area (Å²) in [5.74, 6) is 0.488. The molecule has 1 amide bonds. The second-order valence-electron chi connectivity index (χ2n) is 5.51. The van der Waals surface area contributed by atoms with Crippen LogP contribution in [0.2, 0.25) is 0 Å². The van der Waals surface area contributed by atoms with E-state index in [0.717, 1.165) is 23.2 Å². The van der Waals surface area contributed by atoms with Gasteiger partial charge >= 0.3 is 0 Å². The van der Waals surface area contributed by atoms with E-state index in [1.165, 1.54) is 11.3 Å². The lowest BCUT2D eigenvalue weighted by atomic mass is 10.0. The average Bonchev–Trinajstić information content (AvgIpc) is 2.99. The van der Waals surface area contributed by atoms with Crippen LogP contribution >= 0.6 is 11.3 Å². The molecule has 0 radical (unpaired) electrons. The van der Waals surface area contributed by atoms with Crippen LogP contribution in [0.25, 0.3) is 10.3 Å². The van der Waals surface area contributed by atoms with Gasteiger partial charge in [-0.15, -0.1) is 0 Å². The molecule has 22 heavy (non-hydrogen) atoms. The Hall–Kier alpha value is -1.34. The molecular formula is C15H19N3O2S2. The van der Waals surface area contributed by atoms with Gasteiger partial charge in [0, 0.05) is 35.8 Å². The number of hydrogen-bond acceptors (Lipinski definition) is 5. The molecule has 0 N–H and O–H groups in total. The van der Waals surface area contributed by atoms with E-state index in [-0.39, 0.29) is 10.7 Å². The van der Waals surface area contributed by atoms with Crippen molar-refractivity contribution in [1.29, 1.82) is 0 Å². The van der Waals surface area contributed by atoms with Crippen molar-refractivity contribution in [2.45, 2.75) is 31.4 Å². The molecule has 3 heterocycles. The Morgan fingerprint density at radius 2 is 2.23 bits per heavy atom. The Morgan fingerprint density at radius 1 is 1.45 bits per heavy atom. The molecule has 1 fully saturated rings. The Bertz CT molecular complexity index is 691. The molecule has 0 spiro atoms. The molecule has 1 aliphatic heterocycles. The molecule has 1 atom stereocenters. The summed E-state index contributed by atoms with van der Waals surface area (Å²) in [6, 6.07) is 3.68. The summed E-state index contributed by atoms with van der Waals surface area (Å²) >= 11 is 1.33. The molecule has 2 aromatic heterocycles. The zero-order chi connectivity index (χ0) is 15.7. The summed E-state index contributed by atoms with van der Waals surface area (Å²) in [5, 5.41) is 0.475. The van der Waals surface area contributed by atoms with Gasteiger partial charge in [0.1, 0.15) is 10.3 Å². The van der Waals surface area contributed by atoms with E-state index >= 15 is 0 Å². The maximum atomic E-state index is 12.7. The summed E-state index contributed by atoms with van der Waals surface area (Å²) in [6.45, 7) is 5.19. The number of rotatable bonds is 3. The molecule has 7 heteroatoms. The number of amides is 1. The molecule has 118 valence electrons. The SMILES string of the molecule is CCC1(CC)CN(C(=O)c2nc3cccnc3s2)CCS1=O. The zero-order valence-corrected chi connectivity index (χ0v) is 14.4. The van der Waals surface area contributed by atoms with E-state index in [2.05, 4.69) is 23.8 Å². The summed E-state index contributed by atoms with van der Waals surface area (Å²) in [5.41, 5.74) is 0.758. The van der Waals surface area contributed by atoms with Crippen molar-refractivity contribution >= 4 is 38.4 Å². The minimum absolute atomic E-state index is 0.0639. The molecule has 1 aliphatic rings. The first-order valence-corrected chi connectivity index (χ1v) is 9.62. The van der Waals surface area contributed by atoms with Crippen LogP contribution in [0.1, 0.15) is 36.5 Å². The Kier molecular flexibility index (Phi) is 4.27. The minimum Gasteiger partial charge on any atom is -0.334 e. The molecule has 1 unspecified atom stereocenters. The summed E-state index contributed by atoms with van der Waals surface area (Å²) in [4.78, 5) is 24.0. The second kappa shape index (κ2) is 6.04. The molecule has 0 aromatic carbocycles. The van der Waals surface area contributed by atoms with Crippen LogP contribution in [0, 0.1) is 0 Å². The van der Waals surface area contributed by atoms with Crippen LogP contribution in [0.5, 0.6) is 0 Å². The first kappa shape index (κ1) is 15.6. The van der Waals surface area contributed by atoms with Crippen LogP contribution in [-0.4, -0.2) is 48.6 Å². The van der Waals surface area contributed by atoms with E-state index in [0.29, 0.717) is 23.8 Å². The maximum Gasteiger partial charge on any atom is 0.283 e. The number of hydrogen-bond donors (Lipinski definition) is 0. The van der Waals surface area contributed by atoms with Gasteiger partial charge in [-0.05, 0) is 25.0 Å². The third kappa shape index (κ3) is 2.56. The monoisotopic (exact) mass is 337 g/mol. The lowest BCUT2D eigenvalue weighted by Gasteiger charge is -2.40. The van der Waals surface area contributed by atoms with Crippen LogP contribution in [0.4, 0.5) is 0 Å². The predicted octanol–water partition coefficient (Wildman–Crippen LogP) is 2.45. The van der Waals surface area contributed by atoms with Crippen molar-refractivity contribution in [1.82, 2.24) is 14.9 Å². The fourth-order valence-electron chi connectivity index (χ4n) is 2.87. The molecule has 0 bridgehead atoms. The lowest BCUT2D eigenvalue weighted by molar-refractivity contribution is 0.0736. The highest BCUT2D eigenvalue weighted by Crippen LogP contribution is 2.30. The zero-order valence-electron chi connectivity index (χ0n) is 12.7. The maximum absolute atomic E-state index is 12.7. The minimum atomic E-state index is -0.868. The number of carbonyl (C=O) groups excluding carboxylic acids is 1. The van der Waals surface area contributed by atoms with Crippen molar-refractivity contribution in [3.63, 3.8) is 0 Å². The van der Waals surface area contributed by atoms with Gasteiger partial charge in [-0.2, -0.15) is 0 Å². The van der Waals surface area contributed by atoms with E-state index in [1.54, 1.807) is 6.20 Å². The van der Waals surface area contributed by atoms with Gasteiger partial charge in [0.05, 0.1) is 4.75 Å². The standard InChI is InChI=1S/C15H19N3O2S2/c1-3-15(4-2)10-18(8-9-22(15)20)14(19)13-17-11-6-5-7-16-12(11)21-13/h5-7H,3-4,8-10H2,1-2H3. The van der Waals surface area contributed by atoms with E-state index < -0.39 is 10.8 Å². The summed E-state index contributed by atoms with van der Waals surface area (Å²) in [7, 11) is -0.868. The predicted molar refractivity (Wildman–Crippen MR) is 89.6 cm³/mol. The van der Waals surface area contributed by atoms with Crippen molar-refractivity contribution in [2.24, 2.45) is 0 Å². The first-order chi connectivity index (χ1) is 10.6. The molecule has 1 saturated heterocycles. The van der Waals surface area contributed by atoms with Crippen molar-refractivity contribution in [3.8, 4) is 0 Å². The lowest BCUT2D eigenvalue weighted by Crippen LogP contribution is -2.54. The Labute approximate surface area is 136 Å². The van der Waals surface area contributed by atoms with Gasteiger partial charge in [-0.25, -0.2) is 9.97 Å². The van der Waals surface area contributed by atoms with Crippen molar-refractivity contribution < 1.29 is 9.00 Å². The van der Waals surface area contributed by atoms with Gasteiger partial charge < -0.3 is 4.90 Å². The largest absolute Gasteiger partial charge is 0.334 e. The second-order valence-corrected chi connectivity index (χ2v) is 8.46. The fourth-order valence-corrected chi connectivity index (χ4v) is 5.51. The topological polar surface area (TPSA) is 63.2 Å². The molecule has 3 rings (SSSR count). The molecule has 0 saturated carbocycles. The highest BCUT2D eigenvalue weighted by Gasteiger charge is 2.40. The first-order valence-electron chi connectivity index (χ1n) is 7.49. The number of thiazole rings is 1. The highest BCUT2D eigenvalue weighted by atomic mass is 32.2. The number of nitrogens with zero attached hydrogens (tertiary/aromatic N) is 3. The number of fused-ring (bicyclic) bond motifs is 1. The number of aromatic nitrogens is 2. The average molecular weight is 337 g/mol. The normalized spacial score (nSPS) is 21.2. The van der Waals surface area contributed by atoms with Crippen LogP contribution in [0.15, 0.2) is 18.3 Å². The Balaban J connectivity index is 1.87. The summed E-state index contributed by atoms with van der Waals surface area (Å²) in [6.07, 6.45) is 3.35. The third-order valence-electron chi connectivity index (χ3n) is 4.43. The van der Waals surface area contributed by atoms with Crippen molar-refractivity contribution in [2.75, 3.05) is 18.8 Å². The van der Waals surface area contributed by atoms with Crippen LogP contribution < -0.4 is 0 Å². The Morgan fingerprint density at radius 3 is 2.91 bits per heavy atom. The molecular weight excluding hydrogens is 318 g/mol. The van der Waals surface area contributed by atoms with Gasteiger partial charge in [-0.1, -0.05) is 25.2 Å². The van der Waals surface area contributed by atoms with Gasteiger partial charge in [0.25, 0.3) is 5.91 Å². The smallest absolute Gasteiger partial charge is 0.283 e. The number of carbonyl (C=O) groups is 1. The molecule has 2 aromatic rings. The van der Waals surface area contributed by atoms with Gasteiger partial charge in [0.2, 0.25) is 0 Å². The van der Waals surface area contributed by atoms with Gasteiger partial charge in [-0.3, -0.25) is 9.00 Å². The third-order valence-corrected chi connectivity index (χ3v) is 7.63. The van der Waals surface area contributed by atoms with Gasteiger partial charge in [0.15, 0.2) is 5.01 Å². The highest BCUT2D eigenvalue weighted by molar-refractivity contribution is 7.86. The summed E-state index contributed by atoms with van der Waals surface area (Å²) < 4.78 is 12.1.